The van der Waals surface area contributed by atoms with Gasteiger partial charge in [-0.15, -0.1) is 0 Å². The van der Waals surface area contributed by atoms with E-state index in [4.69, 9.17) is 23.2 Å². The van der Waals surface area contributed by atoms with E-state index >= 15 is 0 Å². The van der Waals surface area contributed by atoms with Crippen molar-refractivity contribution in [3.63, 3.8) is 0 Å². The molecule has 0 saturated carbocycles. The molecule has 1 heterocycles. The van der Waals surface area contributed by atoms with Crippen LogP contribution in [-0.4, -0.2) is 21.6 Å². The predicted molar refractivity (Wildman–Crippen MR) is 100 cm³/mol. The molecule has 1 N–H and O–H groups in total. The second kappa shape index (κ2) is 7.38. The molecule has 7 heteroatoms. The first-order chi connectivity index (χ1) is 11.5. The van der Waals surface area contributed by atoms with Crippen molar-refractivity contribution in [2.75, 3.05) is 11.1 Å². The van der Waals surface area contributed by atoms with Crippen molar-refractivity contribution in [3.05, 3.63) is 58.3 Å². The molecule has 1 amide bonds. The summed E-state index contributed by atoms with van der Waals surface area (Å²) in [5, 5.41) is 5.46. The summed E-state index contributed by atoms with van der Waals surface area (Å²) in [6.07, 6.45) is 0. The summed E-state index contributed by atoms with van der Waals surface area (Å²) in [6.45, 7) is 1.84. The molecule has 3 aromatic rings. The zero-order valence-corrected chi connectivity index (χ0v) is 15.0. The second-order valence-electron chi connectivity index (χ2n) is 5.09. The van der Waals surface area contributed by atoms with Crippen molar-refractivity contribution in [2.24, 2.45) is 0 Å². The number of rotatable bonds is 4. The van der Waals surface area contributed by atoms with E-state index in [0.717, 1.165) is 15.9 Å². The van der Waals surface area contributed by atoms with Crippen LogP contribution in [0, 0.1) is 6.92 Å². The Labute approximate surface area is 153 Å². The Morgan fingerprint density at radius 2 is 1.83 bits per heavy atom. The largest absolute Gasteiger partial charge is 0.325 e. The molecule has 1 aromatic heterocycles. The van der Waals surface area contributed by atoms with Gasteiger partial charge >= 0.3 is 0 Å². The summed E-state index contributed by atoms with van der Waals surface area (Å²) in [5.41, 5.74) is 1.44. The number of aromatic nitrogens is 2. The first-order valence-electron chi connectivity index (χ1n) is 7.13. The molecule has 0 radical (unpaired) electrons. The molecule has 4 nitrogen and oxygen atoms in total. The highest BCUT2D eigenvalue weighted by atomic mass is 35.5. The van der Waals surface area contributed by atoms with E-state index in [1.165, 1.54) is 11.8 Å². The summed E-state index contributed by atoms with van der Waals surface area (Å²) in [6, 6.07) is 12.7. The van der Waals surface area contributed by atoms with Gasteiger partial charge in [-0.1, -0.05) is 53.2 Å². The molecule has 24 heavy (non-hydrogen) atoms. The molecular weight excluding hydrogens is 365 g/mol. The number of halogens is 2. The van der Waals surface area contributed by atoms with Gasteiger partial charge in [0.05, 0.1) is 11.3 Å². The average Bonchev–Trinajstić information content (AvgIpc) is 2.51. The highest BCUT2D eigenvalue weighted by Gasteiger charge is 2.10. The number of thioether (sulfide) groups is 1. The van der Waals surface area contributed by atoms with Gasteiger partial charge in [0.15, 0.2) is 0 Å². The predicted octanol–water partition coefficient (Wildman–Crippen LogP) is 4.98. The van der Waals surface area contributed by atoms with E-state index in [0.29, 0.717) is 21.6 Å². The van der Waals surface area contributed by atoms with Crippen LogP contribution < -0.4 is 5.32 Å². The summed E-state index contributed by atoms with van der Waals surface area (Å²) in [4.78, 5) is 21.0. The number of aryl methyl sites for hydroxylation is 1. The number of anilines is 1. The van der Waals surface area contributed by atoms with Crippen molar-refractivity contribution in [1.29, 1.82) is 0 Å². The van der Waals surface area contributed by atoms with Crippen LogP contribution in [0.3, 0.4) is 0 Å². The number of carbonyl (C=O) groups is 1. The maximum Gasteiger partial charge on any atom is 0.234 e. The molecule has 0 unspecified atom stereocenters. The van der Waals surface area contributed by atoms with Crippen molar-refractivity contribution in [2.45, 2.75) is 11.9 Å². The van der Waals surface area contributed by atoms with Crippen LogP contribution in [0.15, 0.2) is 47.5 Å². The lowest BCUT2D eigenvalue weighted by molar-refractivity contribution is -0.113. The topological polar surface area (TPSA) is 54.9 Å². The number of hydrogen-bond acceptors (Lipinski definition) is 4. The van der Waals surface area contributed by atoms with Gasteiger partial charge in [-0.3, -0.25) is 4.79 Å². The van der Waals surface area contributed by atoms with Gasteiger partial charge in [-0.25, -0.2) is 9.97 Å². The highest BCUT2D eigenvalue weighted by Crippen LogP contribution is 2.26. The van der Waals surface area contributed by atoms with Crippen LogP contribution >= 0.6 is 35.0 Å². The number of hydrogen-bond donors (Lipinski definition) is 1. The first kappa shape index (κ1) is 17.0. The number of nitrogens with zero attached hydrogens (tertiary/aromatic N) is 2. The van der Waals surface area contributed by atoms with Crippen molar-refractivity contribution >= 4 is 57.5 Å². The molecule has 0 saturated heterocycles. The summed E-state index contributed by atoms with van der Waals surface area (Å²) >= 11 is 13.2. The van der Waals surface area contributed by atoms with E-state index in [9.17, 15) is 4.79 Å². The number of nitrogens with one attached hydrogen (secondary N) is 1. The van der Waals surface area contributed by atoms with E-state index in [2.05, 4.69) is 15.3 Å². The molecule has 0 aliphatic rings. The van der Waals surface area contributed by atoms with E-state index in [1.807, 2.05) is 31.2 Å². The fraction of sp³-hybridized carbons (Fsp3) is 0.118. The lowest BCUT2D eigenvalue weighted by atomic mass is 10.2. The van der Waals surface area contributed by atoms with Gasteiger partial charge in [0.25, 0.3) is 0 Å². The third kappa shape index (κ3) is 4.17. The Kier molecular flexibility index (Phi) is 5.23. The maximum absolute atomic E-state index is 12.2. The SMILES string of the molecule is Cc1nc(SCC(=O)Nc2cc(Cl)cc(Cl)c2)c2ccccc2n1. The monoisotopic (exact) mass is 377 g/mol. The van der Waals surface area contributed by atoms with Crippen LogP contribution in [-0.2, 0) is 4.79 Å². The van der Waals surface area contributed by atoms with Crippen molar-refractivity contribution in [1.82, 2.24) is 9.97 Å². The Morgan fingerprint density at radius 3 is 2.58 bits per heavy atom. The summed E-state index contributed by atoms with van der Waals surface area (Å²) in [5.74, 6) is 0.752. The molecule has 0 atom stereocenters. The Bertz CT molecular complexity index is 897. The first-order valence-corrected chi connectivity index (χ1v) is 8.87. The second-order valence-corrected chi connectivity index (χ2v) is 6.93. The number of para-hydroxylation sites is 1. The van der Waals surface area contributed by atoms with Gasteiger partial charge < -0.3 is 5.32 Å². The number of benzene rings is 2. The minimum atomic E-state index is -0.154. The summed E-state index contributed by atoms with van der Waals surface area (Å²) in [7, 11) is 0. The normalized spacial score (nSPS) is 10.8. The Hall–Kier alpha value is -1.82. The molecule has 0 bridgehead atoms. The molecule has 0 fully saturated rings. The molecular formula is C17H13Cl2N3OS. The number of carbonyl (C=O) groups excluding carboxylic acids is 1. The van der Waals surface area contributed by atoms with Gasteiger partial charge in [0, 0.05) is 21.1 Å². The average molecular weight is 378 g/mol. The van der Waals surface area contributed by atoms with Crippen LogP contribution in [0.5, 0.6) is 0 Å². The van der Waals surface area contributed by atoms with E-state index in [-0.39, 0.29) is 11.7 Å². The number of fused-ring (bicyclic) bond motifs is 1. The van der Waals surface area contributed by atoms with Crippen molar-refractivity contribution < 1.29 is 4.79 Å². The molecule has 122 valence electrons. The quantitative estimate of drug-likeness (QED) is 0.514. The molecule has 0 spiro atoms. The Balaban J connectivity index is 1.72. The molecule has 0 aliphatic heterocycles. The molecule has 3 rings (SSSR count). The van der Waals surface area contributed by atoms with Crippen molar-refractivity contribution in [3.8, 4) is 0 Å². The fourth-order valence-electron chi connectivity index (χ4n) is 2.23. The smallest absolute Gasteiger partial charge is 0.234 e. The van der Waals surface area contributed by atoms with Gasteiger partial charge in [0.2, 0.25) is 5.91 Å². The third-order valence-corrected chi connectivity index (χ3v) is 4.59. The summed E-state index contributed by atoms with van der Waals surface area (Å²) < 4.78 is 0. The minimum Gasteiger partial charge on any atom is -0.325 e. The van der Waals surface area contributed by atoms with Crippen LogP contribution in [0.2, 0.25) is 10.0 Å². The van der Waals surface area contributed by atoms with Crippen LogP contribution in [0.4, 0.5) is 5.69 Å². The standard InChI is InChI=1S/C17H13Cl2N3OS/c1-10-20-15-5-3-2-4-14(15)17(21-10)24-9-16(23)22-13-7-11(18)6-12(19)8-13/h2-8H,9H2,1H3,(H,22,23). The van der Waals surface area contributed by atoms with Crippen LogP contribution in [0.25, 0.3) is 10.9 Å². The zero-order chi connectivity index (χ0) is 17.1. The molecule has 0 aliphatic carbocycles. The third-order valence-electron chi connectivity index (χ3n) is 3.17. The van der Waals surface area contributed by atoms with Gasteiger partial charge in [-0.05, 0) is 31.2 Å². The highest BCUT2D eigenvalue weighted by molar-refractivity contribution is 8.00. The van der Waals surface area contributed by atoms with Gasteiger partial charge in [-0.2, -0.15) is 0 Å². The van der Waals surface area contributed by atoms with E-state index in [1.54, 1.807) is 18.2 Å². The van der Waals surface area contributed by atoms with E-state index < -0.39 is 0 Å². The molecule has 2 aromatic carbocycles. The fourth-order valence-corrected chi connectivity index (χ4v) is 3.62. The zero-order valence-electron chi connectivity index (χ0n) is 12.7. The lowest BCUT2D eigenvalue weighted by Crippen LogP contribution is -2.14. The van der Waals surface area contributed by atoms with Gasteiger partial charge in [0.1, 0.15) is 10.9 Å². The maximum atomic E-state index is 12.2. The number of amides is 1. The van der Waals surface area contributed by atoms with Crippen LogP contribution in [0.1, 0.15) is 5.82 Å². The minimum absolute atomic E-state index is 0.154. The lowest BCUT2D eigenvalue weighted by Gasteiger charge is -2.08. The Morgan fingerprint density at radius 1 is 1.12 bits per heavy atom.